The number of hydrogen-bond acceptors (Lipinski definition) is 3. The number of nitrogens with one attached hydrogen (secondary N) is 1. The number of H-pyrrole nitrogens is 1. The topological polar surface area (TPSA) is 58.9 Å². The molecule has 8 heteroatoms. The van der Waals surface area contributed by atoms with Gasteiger partial charge >= 0.3 is 11.9 Å². The fourth-order valence-electron chi connectivity index (χ4n) is 1.89. The third-order valence-electron chi connectivity index (χ3n) is 2.80. The molecule has 0 amide bonds. The minimum absolute atomic E-state index is 0.0368. The van der Waals surface area contributed by atoms with E-state index in [-0.39, 0.29) is 11.5 Å². The Balaban J connectivity index is 2.21. The molecule has 0 atom stereocenters. The number of nitrogens with zero attached hydrogens (tertiary/aromatic N) is 1. The molecule has 0 saturated carbocycles. The SMILES string of the molecule is O=c1nc(-c2cc3cccc(Cl)c3o2)cc(C(F)(F)F)[nH]1. The van der Waals surface area contributed by atoms with Crippen LogP contribution in [0.25, 0.3) is 22.4 Å². The lowest BCUT2D eigenvalue weighted by molar-refractivity contribution is -0.141. The van der Waals surface area contributed by atoms with E-state index in [1.54, 1.807) is 23.2 Å². The Morgan fingerprint density at radius 2 is 2.00 bits per heavy atom. The van der Waals surface area contributed by atoms with Crippen LogP contribution in [0.4, 0.5) is 13.2 Å². The molecule has 0 spiro atoms. The first-order chi connectivity index (χ1) is 9.84. The molecule has 1 aromatic carbocycles. The van der Waals surface area contributed by atoms with Gasteiger partial charge in [-0.3, -0.25) is 0 Å². The number of aromatic amines is 1. The van der Waals surface area contributed by atoms with Crippen molar-refractivity contribution in [3.8, 4) is 11.5 Å². The number of benzene rings is 1. The van der Waals surface area contributed by atoms with Crippen molar-refractivity contribution < 1.29 is 17.6 Å². The van der Waals surface area contributed by atoms with E-state index < -0.39 is 17.6 Å². The molecule has 0 bridgehead atoms. The molecule has 0 radical (unpaired) electrons. The van der Waals surface area contributed by atoms with Crippen LogP contribution in [0.3, 0.4) is 0 Å². The van der Waals surface area contributed by atoms with E-state index in [1.165, 1.54) is 6.07 Å². The Hall–Kier alpha value is -2.28. The number of aromatic nitrogens is 2. The molecule has 108 valence electrons. The average molecular weight is 315 g/mol. The summed E-state index contributed by atoms with van der Waals surface area (Å²) in [7, 11) is 0. The van der Waals surface area contributed by atoms with Crippen LogP contribution in [-0.2, 0) is 6.18 Å². The Morgan fingerprint density at radius 1 is 1.24 bits per heavy atom. The van der Waals surface area contributed by atoms with Crippen molar-refractivity contribution in [1.29, 1.82) is 0 Å². The summed E-state index contributed by atoms with van der Waals surface area (Å²) >= 11 is 5.93. The summed E-state index contributed by atoms with van der Waals surface area (Å²) in [6.07, 6.45) is -4.68. The number of alkyl halides is 3. The van der Waals surface area contributed by atoms with Crippen LogP contribution in [-0.4, -0.2) is 9.97 Å². The third kappa shape index (κ3) is 2.52. The van der Waals surface area contributed by atoms with Crippen molar-refractivity contribution >= 4 is 22.6 Å². The maximum Gasteiger partial charge on any atom is 0.431 e. The summed E-state index contributed by atoms with van der Waals surface area (Å²) in [4.78, 5) is 16.4. The number of rotatable bonds is 1. The second-order valence-electron chi connectivity index (χ2n) is 4.25. The Morgan fingerprint density at radius 3 is 2.67 bits per heavy atom. The Labute approximate surface area is 120 Å². The minimum atomic E-state index is -4.68. The summed E-state index contributed by atoms with van der Waals surface area (Å²) in [5.74, 6) is 0.0368. The van der Waals surface area contributed by atoms with Crippen LogP contribution < -0.4 is 5.69 Å². The molecule has 21 heavy (non-hydrogen) atoms. The summed E-state index contributed by atoms with van der Waals surface area (Å²) in [6, 6.07) is 7.14. The number of fused-ring (bicyclic) bond motifs is 1. The van der Waals surface area contributed by atoms with Gasteiger partial charge in [0.05, 0.1) is 5.02 Å². The average Bonchev–Trinajstić information content (AvgIpc) is 2.82. The molecular weight excluding hydrogens is 309 g/mol. The number of hydrogen-bond donors (Lipinski definition) is 1. The van der Waals surface area contributed by atoms with Crippen LogP contribution in [0.1, 0.15) is 5.69 Å². The Bertz CT molecular complexity index is 883. The first-order valence-corrected chi connectivity index (χ1v) is 6.09. The highest BCUT2D eigenvalue weighted by Crippen LogP contribution is 2.33. The standard InChI is InChI=1S/C13H6ClF3N2O2/c14-7-3-1-2-6-4-9(21-11(6)7)8-5-10(13(15,16)17)19-12(20)18-8/h1-5H,(H,18,19,20). The van der Waals surface area contributed by atoms with Crippen molar-refractivity contribution in [1.82, 2.24) is 9.97 Å². The second-order valence-corrected chi connectivity index (χ2v) is 4.66. The van der Waals surface area contributed by atoms with E-state index in [1.807, 2.05) is 0 Å². The van der Waals surface area contributed by atoms with Gasteiger partial charge in [0.2, 0.25) is 0 Å². The first kappa shape index (κ1) is 13.7. The maximum absolute atomic E-state index is 12.7. The van der Waals surface area contributed by atoms with Crippen LogP contribution in [0.2, 0.25) is 5.02 Å². The normalized spacial score (nSPS) is 12.0. The van der Waals surface area contributed by atoms with E-state index in [9.17, 15) is 18.0 Å². The molecule has 0 aliphatic heterocycles. The van der Waals surface area contributed by atoms with E-state index in [4.69, 9.17) is 16.0 Å². The van der Waals surface area contributed by atoms with Crippen LogP contribution in [0.15, 0.2) is 39.5 Å². The van der Waals surface area contributed by atoms with E-state index in [0.29, 0.717) is 22.1 Å². The maximum atomic E-state index is 12.7. The molecule has 2 heterocycles. The summed E-state index contributed by atoms with van der Waals surface area (Å²) in [5.41, 5.74) is -2.18. The fraction of sp³-hybridized carbons (Fsp3) is 0.0769. The van der Waals surface area contributed by atoms with Gasteiger partial charge in [0.1, 0.15) is 11.4 Å². The highest BCUT2D eigenvalue weighted by atomic mass is 35.5. The molecule has 0 saturated heterocycles. The molecule has 3 aromatic rings. The minimum Gasteiger partial charge on any atom is -0.453 e. The zero-order valence-electron chi connectivity index (χ0n) is 10.2. The molecule has 0 fully saturated rings. The van der Waals surface area contributed by atoms with Gasteiger partial charge in [-0.15, -0.1) is 0 Å². The van der Waals surface area contributed by atoms with Crippen LogP contribution in [0, 0.1) is 0 Å². The van der Waals surface area contributed by atoms with Crippen molar-refractivity contribution in [3.05, 3.63) is 51.5 Å². The molecule has 0 unspecified atom stereocenters. The number of halogens is 4. The van der Waals surface area contributed by atoms with Crippen LogP contribution in [0.5, 0.6) is 0 Å². The van der Waals surface area contributed by atoms with E-state index in [0.717, 1.165) is 0 Å². The number of furan rings is 1. The monoisotopic (exact) mass is 314 g/mol. The highest BCUT2D eigenvalue weighted by molar-refractivity contribution is 6.34. The van der Waals surface area contributed by atoms with Gasteiger partial charge in [-0.1, -0.05) is 23.7 Å². The van der Waals surface area contributed by atoms with Gasteiger partial charge < -0.3 is 9.40 Å². The second kappa shape index (κ2) is 4.63. The molecule has 0 aliphatic carbocycles. The van der Waals surface area contributed by atoms with Gasteiger partial charge in [0.15, 0.2) is 11.3 Å². The number of para-hydroxylation sites is 1. The molecule has 0 aliphatic rings. The summed E-state index contributed by atoms with van der Waals surface area (Å²) in [5, 5.41) is 0.924. The smallest absolute Gasteiger partial charge is 0.431 e. The lowest BCUT2D eigenvalue weighted by atomic mass is 10.2. The lowest BCUT2D eigenvalue weighted by Gasteiger charge is -2.06. The van der Waals surface area contributed by atoms with Gasteiger partial charge in [-0.2, -0.15) is 18.2 Å². The highest BCUT2D eigenvalue weighted by Gasteiger charge is 2.33. The fourth-order valence-corrected chi connectivity index (χ4v) is 2.11. The van der Waals surface area contributed by atoms with E-state index >= 15 is 0 Å². The summed E-state index contributed by atoms with van der Waals surface area (Å²) < 4.78 is 43.4. The third-order valence-corrected chi connectivity index (χ3v) is 3.10. The first-order valence-electron chi connectivity index (χ1n) is 5.71. The van der Waals surface area contributed by atoms with E-state index in [2.05, 4.69) is 4.98 Å². The van der Waals surface area contributed by atoms with Crippen molar-refractivity contribution in [2.45, 2.75) is 6.18 Å². The molecular formula is C13H6ClF3N2O2. The van der Waals surface area contributed by atoms with Crippen molar-refractivity contribution in [2.24, 2.45) is 0 Å². The van der Waals surface area contributed by atoms with Gasteiger partial charge in [0.25, 0.3) is 0 Å². The van der Waals surface area contributed by atoms with Crippen molar-refractivity contribution in [2.75, 3.05) is 0 Å². The zero-order valence-corrected chi connectivity index (χ0v) is 10.9. The van der Waals surface area contributed by atoms with Gasteiger partial charge in [-0.25, -0.2) is 4.79 Å². The Kier molecular flexibility index (Phi) is 3.02. The lowest BCUT2D eigenvalue weighted by Crippen LogP contribution is -2.19. The van der Waals surface area contributed by atoms with Crippen LogP contribution >= 0.6 is 11.6 Å². The predicted octanol–water partition coefficient (Wildman–Crippen LogP) is 3.86. The molecule has 4 nitrogen and oxygen atoms in total. The van der Waals surface area contributed by atoms with Gasteiger partial charge in [-0.05, 0) is 18.2 Å². The quantitative estimate of drug-likeness (QED) is 0.742. The largest absolute Gasteiger partial charge is 0.453 e. The molecule has 2 aromatic heterocycles. The predicted molar refractivity (Wildman–Crippen MR) is 70.1 cm³/mol. The zero-order chi connectivity index (χ0) is 15.2. The van der Waals surface area contributed by atoms with Gasteiger partial charge in [0, 0.05) is 5.39 Å². The molecule has 3 rings (SSSR count). The summed E-state index contributed by atoms with van der Waals surface area (Å²) in [6.45, 7) is 0. The van der Waals surface area contributed by atoms with Crippen molar-refractivity contribution in [3.63, 3.8) is 0 Å². The molecule has 1 N–H and O–H groups in total.